The summed E-state index contributed by atoms with van der Waals surface area (Å²) in [6.07, 6.45) is 0.149. The molecule has 0 aromatic heterocycles. The van der Waals surface area contributed by atoms with Crippen LogP contribution in [0.2, 0.25) is 0 Å². The molecule has 12 heavy (non-hydrogen) atoms. The van der Waals surface area contributed by atoms with Crippen LogP contribution in [0.25, 0.3) is 0 Å². The summed E-state index contributed by atoms with van der Waals surface area (Å²) in [4.78, 5) is 0. The number of benzene rings is 1. The zero-order valence-electron chi connectivity index (χ0n) is 7.16. The number of rotatable bonds is 3. The van der Waals surface area contributed by atoms with Gasteiger partial charge in [0.05, 0.1) is 0 Å². The molecule has 2 nitrogen and oxygen atoms in total. The van der Waals surface area contributed by atoms with Crippen LogP contribution in [0.5, 0.6) is 0 Å². The van der Waals surface area contributed by atoms with Gasteiger partial charge in [-0.3, -0.25) is 0 Å². The second-order valence-electron chi connectivity index (χ2n) is 2.42. The topological polar surface area (TPSA) is 36.9 Å². The van der Waals surface area contributed by atoms with E-state index in [2.05, 4.69) is 17.9 Å². The normalized spacial score (nSPS) is 11.8. The van der Waals surface area contributed by atoms with E-state index in [1.165, 1.54) is 5.56 Å². The van der Waals surface area contributed by atoms with E-state index in [0.29, 0.717) is 0 Å². The van der Waals surface area contributed by atoms with E-state index >= 15 is 0 Å². The van der Waals surface area contributed by atoms with Gasteiger partial charge in [0.1, 0.15) is 12.6 Å². The Bertz CT molecular complexity index is 199. The van der Waals surface area contributed by atoms with Crippen LogP contribution in [0.3, 0.4) is 0 Å². The van der Waals surface area contributed by atoms with Gasteiger partial charge >= 0.3 is 0 Å². The fraction of sp³-hybridized carbons (Fsp3) is 0.333. The smallest absolute Gasteiger partial charge is 0.131 e. The second-order valence-corrected chi connectivity index (χ2v) is 2.42. The van der Waals surface area contributed by atoms with Gasteiger partial charge in [-0.25, -0.2) is 0 Å². The van der Waals surface area contributed by atoms with Crippen molar-refractivity contribution in [2.24, 2.45) is 0 Å². The Kier molecular flexibility index (Phi) is 6.32. The molecule has 0 amide bonds. The summed E-state index contributed by atoms with van der Waals surface area (Å²) in [6, 6.07) is 10.1. The Morgan fingerprint density at radius 3 is 2.33 bits per heavy atom. The molecule has 0 aliphatic heterocycles. The minimum Gasteiger partial charge on any atom is -1.00 e. The fourth-order valence-corrected chi connectivity index (χ4v) is 1.09. The summed E-state index contributed by atoms with van der Waals surface area (Å²) in [5.74, 6) is 0. The number of halogens is 1. The van der Waals surface area contributed by atoms with Crippen molar-refractivity contribution in [1.29, 1.82) is 0 Å². The third-order valence-corrected chi connectivity index (χ3v) is 1.72. The van der Waals surface area contributed by atoms with Crippen molar-refractivity contribution in [2.75, 3.05) is 13.7 Å². The van der Waals surface area contributed by atoms with E-state index in [1.807, 2.05) is 18.2 Å². The van der Waals surface area contributed by atoms with Crippen molar-refractivity contribution in [3.8, 4) is 0 Å². The highest BCUT2D eigenvalue weighted by Gasteiger charge is 2.07. The fourth-order valence-electron chi connectivity index (χ4n) is 1.09. The quantitative estimate of drug-likeness (QED) is 0.616. The molecule has 3 heteroatoms. The van der Waals surface area contributed by atoms with E-state index in [4.69, 9.17) is 4.74 Å². The van der Waals surface area contributed by atoms with Gasteiger partial charge < -0.3 is 34.4 Å². The van der Waals surface area contributed by atoms with Gasteiger partial charge in [0.2, 0.25) is 0 Å². The Balaban J connectivity index is 0.00000121. The Hall–Kier alpha value is -0.130. The Morgan fingerprint density at radius 1 is 1.33 bits per heavy atom. The number of methoxy groups -OCH3 is 1. The summed E-state index contributed by atoms with van der Waals surface area (Å²) in [5.41, 5.74) is 5.01. The molecule has 0 radical (unpaired) electrons. The lowest BCUT2D eigenvalue weighted by Gasteiger charge is -2.09. The first-order chi connectivity index (χ1) is 5.38. The summed E-state index contributed by atoms with van der Waals surface area (Å²) in [5, 5.41) is 0. The average molecular weight is 279 g/mol. The van der Waals surface area contributed by atoms with Crippen molar-refractivity contribution in [3.05, 3.63) is 35.9 Å². The lowest BCUT2D eigenvalue weighted by molar-refractivity contribution is -0.386. The van der Waals surface area contributed by atoms with Crippen LogP contribution >= 0.6 is 0 Å². The molecule has 3 N–H and O–H groups in total. The number of quaternary nitrogens is 1. The molecule has 1 unspecified atom stereocenters. The number of hydrogen-bond donors (Lipinski definition) is 1. The molecule has 68 valence electrons. The van der Waals surface area contributed by atoms with E-state index in [0.717, 1.165) is 6.54 Å². The molecule has 0 aliphatic carbocycles. The van der Waals surface area contributed by atoms with E-state index in [9.17, 15) is 0 Å². The second kappa shape index (κ2) is 6.39. The van der Waals surface area contributed by atoms with Crippen LogP contribution in [-0.2, 0) is 4.74 Å². The zero-order valence-corrected chi connectivity index (χ0v) is 9.32. The maximum atomic E-state index is 5.22. The van der Waals surface area contributed by atoms with Gasteiger partial charge in [0.15, 0.2) is 0 Å². The molecule has 0 aliphatic rings. The first-order valence-electron chi connectivity index (χ1n) is 3.75. The number of ether oxygens (including phenoxy) is 1. The Morgan fingerprint density at radius 2 is 1.92 bits per heavy atom. The van der Waals surface area contributed by atoms with Crippen molar-refractivity contribution in [2.45, 2.75) is 6.10 Å². The van der Waals surface area contributed by atoms with Crippen LogP contribution in [-0.4, -0.2) is 13.7 Å². The minimum atomic E-state index is 0. The van der Waals surface area contributed by atoms with Gasteiger partial charge in [-0.1, -0.05) is 30.3 Å². The molecule has 0 heterocycles. The van der Waals surface area contributed by atoms with Crippen LogP contribution in [0.1, 0.15) is 11.7 Å². The van der Waals surface area contributed by atoms with E-state index in [-0.39, 0.29) is 30.1 Å². The molecule has 0 bridgehead atoms. The maximum Gasteiger partial charge on any atom is 0.131 e. The summed E-state index contributed by atoms with van der Waals surface area (Å²) in [7, 11) is 1.71. The predicted octanol–water partition coefficient (Wildman–Crippen LogP) is -2.38. The molecule has 1 aromatic rings. The molecule has 0 spiro atoms. The van der Waals surface area contributed by atoms with Crippen LogP contribution < -0.4 is 29.7 Å². The molecule has 1 rings (SSSR count). The molecular weight excluding hydrogens is 265 g/mol. The Labute approximate surface area is 90.1 Å². The summed E-state index contributed by atoms with van der Waals surface area (Å²) >= 11 is 0. The third kappa shape index (κ3) is 3.08. The van der Waals surface area contributed by atoms with Crippen molar-refractivity contribution in [1.82, 2.24) is 0 Å². The largest absolute Gasteiger partial charge is 1.00 e. The molecule has 0 saturated carbocycles. The lowest BCUT2D eigenvalue weighted by Crippen LogP contribution is -3.00. The molecule has 1 aromatic carbocycles. The van der Waals surface area contributed by atoms with Crippen molar-refractivity contribution in [3.63, 3.8) is 0 Å². The SMILES string of the molecule is COC(C[NH3+])c1ccccc1.[I-]. The average Bonchev–Trinajstić information content (AvgIpc) is 2.09. The molecule has 1 atom stereocenters. The van der Waals surface area contributed by atoms with Crippen LogP contribution in [0.4, 0.5) is 0 Å². The molecular formula is C9H14INO. The third-order valence-electron chi connectivity index (χ3n) is 1.72. The molecule has 0 saturated heterocycles. The van der Waals surface area contributed by atoms with Gasteiger partial charge in [-0.05, 0) is 5.56 Å². The standard InChI is InChI=1S/C9H13NO.HI/c1-11-9(7-10)8-5-3-2-4-6-8;/h2-6,9H,7,10H2,1H3;1H. The summed E-state index contributed by atoms with van der Waals surface area (Å²) in [6.45, 7) is 0.778. The van der Waals surface area contributed by atoms with Crippen molar-refractivity contribution >= 4 is 0 Å². The van der Waals surface area contributed by atoms with Gasteiger partial charge in [-0.2, -0.15) is 0 Å². The maximum absolute atomic E-state index is 5.22. The lowest BCUT2D eigenvalue weighted by atomic mass is 10.1. The highest BCUT2D eigenvalue weighted by Crippen LogP contribution is 2.12. The van der Waals surface area contributed by atoms with Crippen LogP contribution in [0.15, 0.2) is 30.3 Å². The van der Waals surface area contributed by atoms with Crippen LogP contribution in [0, 0.1) is 0 Å². The highest BCUT2D eigenvalue weighted by molar-refractivity contribution is 5.17. The van der Waals surface area contributed by atoms with Crippen molar-refractivity contribution < 1.29 is 34.4 Å². The predicted molar refractivity (Wildman–Crippen MR) is 43.9 cm³/mol. The number of hydrogen-bond acceptors (Lipinski definition) is 1. The van der Waals surface area contributed by atoms with E-state index in [1.54, 1.807) is 7.11 Å². The minimum absolute atomic E-state index is 0. The van der Waals surface area contributed by atoms with Gasteiger partial charge in [0, 0.05) is 7.11 Å². The van der Waals surface area contributed by atoms with Gasteiger partial charge in [0.25, 0.3) is 0 Å². The summed E-state index contributed by atoms with van der Waals surface area (Å²) < 4.78 is 5.22. The van der Waals surface area contributed by atoms with E-state index < -0.39 is 0 Å². The highest BCUT2D eigenvalue weighted by atomic mass is 127. The zero-order chi connectivity index (χ0) is 8.10. The first kappa shape index (κ1) is 11.9. The first-order valence-corrected chi connectivity index (χ1v) is 3.75. The van der Waals surface area contributed by atoms with Gasteiger partial charge in [-0.15, -0.1) is 0 Å². The molecule has 0 fully saturated rings. The monoisotopic (exact) mass is 279 g/mol.